The molecule has 7 heteroatoms. The van der Waals surface area contributed by atoms with Crippen LogP contribution in [0.5, 0.6) is 0 Å². The monoisotopic (exact) mass is 354 g/mol. The maximum Gasteiger partial charge on any atom is 0.265 e. The van der Waals surface area contributed by atoms with E-state index in [1.165, 1.54) is 11.3 Å². The number of aromatic nitrogens is 3. The van der Waals surface area contributed by atoms with Crippen molar-refractivity contribution in [3.05, 3.63) is 58.0 Å². The van der Waals surface area contributed by atoms with Crippen molar-refractivity contribution in [3.63, 3.8) is 0 Å². The van der Waals surface area contributed by atoms with Crippen LogP contribution in [0.25, 0.3) is 15.3 Å². The van der Waals surface area contributed by atoms with Gasteiger partial charge in [0.1, 0.15) is 0 Å². The van der Waals surface area contributed by atoms with Crippen LogP contribution in [-0.4, -0.2) is 20.7 Å². The first-order chi connectivity index (χ1) is 11.6. The fraction of sp³-hybridized carbons (Fsp3) is 0.118. The van der Waals surface area contributed by atoms with Crippen molar-refractivity contribution >= 4 is 44.5 Å². The SMILES string of the molecule is Cc1cc(C)n(-c2nc3cc(NC(=O)c4cccs4)ccc3s2)n1. The number of aryl methyl sites for hydroxylation is 2. The molecule has 1 amide bonds. The molecule has 3 heterocycles. The van der Waals surface area contributed by atoms with Gasteiger partial charge in [0, 0.05) is 11.4 Å². The van der Waals surface area contributed by atoms with E-state index in [9.17, 15) is 4.79 Å². The summed E-state index contributed by atoms with van der Waals surface area (Å²) in [6.45, 7) is 3.98. The first kappa shape index (κ1) is 15.0. The Morgan fingerprint density at radius 1 is 1.21 bits per heavy atom. The number of carbonyl (C=O) groups excluding carboxylic acids is 1. The average molecular weight is 354 g/mol. The minimum absolute atomic E-state index is 0.0988. The third kappa shape index (κ3) is 2.72. The van der Waals surface area contributed by atoms with Gasteiger partial charge in [-0.1, -0.05) is 17.4 Å². The number of hydrogen-bond acceptors (Lipinski definition) is 5. The van der Waals surface area contributed by atoms with Gasteiger partial charge in [0.15, 0.2) is 0 Å². The summed E-state index contributed by atoms with van der Waals surface area (Å²) in [5.74, 6) is -0.0988. The van der Waals surface area contributed by atoms with Gasteiger partial charge in [-0.3, -0.25) is 4.79 Å². The zero-order chi connectivity index (χ0) is 16.7. The highest BCUT2D eigenvalue weighted by Gasteiger charge is 2.12. The third-order valence-corrected chi connectivity index (χ3v) is 5.45. The van der Waals surface area contributed by atoms with Crippen LogP contribution < -0.4 is 5.32 Å². The molecule has 5 nitrogen and oxygen atoms in total. The van der Waals surface area contributed by atoms with Crippen LogP contribution in [0, 0.1) is 13.8 Å². The van der Waals surface area contributed by atoms with Crippen LogP contribution in [0.3, 0.4) is 0 Å². The molecule has 4 rings (SSSR count). The van der Waals surface area contributed by atoms with Gasteiger partial charge < -0.3 is 5.32 Å². The van der Waals surface area contributed by atoms with E-state index in [4.69, 9.17) is 0 Å². The van der Waals surface area contributed by atoms with E-state index in [1.807, 2.05) is 60.3 Å². The molecule has 0 aliphatic rings. The number of thiazole rings is 1. The number of anilines is 1. The van der Waals surface area contributed by atoms with Gasteiger partial charge in [0.05, 0.1) is 20.8 Å². The average Bonchev–Trinajstić information content (AvgIpc) is 3.26. The summed E-state index contributed by atoms with van der Waals surface area (Å²) in [7, 11) is 0. The number of thiophene rings is 1. The van der Waals surface area contributed by atoms with Crippen LogP contribution in [0.2, 0.25) is 0 Å². The van der Waals surface area contributed by atoms with Gasteiger partial charge in [0.2, 0.25) is 5.13 Å². The summed E-state index contributed by atoms with van der Waals surface area (Å²) in [4.78, 5) is 17.5. The molecule has 1 N–H and O–H groups in total. The molecule has 0 bridgehead atoms. The molecular formula is C17H14N4OS2. The largest absolute Gasteiger partial charge is 0.321 e. The fourth-order valence-electron chi connectivity index (χ4n) is 2.51. The van der Waals surface area contributed by atoms with Crippen molar-refractivity contribution in [1.29, 1.82) is 0 Å². The first-order valence-corrected chi connectivity index (χ1v) is 9.09. The molecule has 3 aromatic heterocycles. The van der Waals surface area contributed by atoms with E-state index in [1.54, 1.807) is 11.3 Å². The molecule has 0 fully saturated rings. The van der Waals surface area contributed by atoms with Crippen LogP contribution in [0.15, 0.2) is 41.8 Å². The molecule has 0 unspecified atom stereocenters. The molecule has 4 aromatic rings. The smallest absolute Gasteiger partial charge is 0.265 e. The molecule has 120 valence electrons. The van der Waals surface area contributed by atoms with Crippen molar-refractivity contribution in [1.82, 2.24) is 14.8 Å². The Labute approximate surface area is 146 Å². The van der Waals surface area contributed by atoms with Gasteiger partial charge >= 0.3 is 0 Å². The summed E-state index contributed by atoms with van der Waals surface area (Å²) < 4.78 is 2.91. The maximum atomic E-state index is 12.2. The number of benzene rings is 1. The fourth-order valence-corrected chi connectivity index (χ4v) is 4.08. The van der Waals surface area contributed by atoms with Gasteiger partial charge in [-0.25, -0.2) is 9.67 Å². The number of amides is 1. The summed E-state index contributed by atoms with van der Waals surface area (Å²) in [5.41, 5.74) is 3.62. The summed E-state index contributed by atoms with van der Waals surface area (Å²) in [6, 6.07) is 11.5. The lowest BCUT2D eigenvalue weighted by molar-refractivity contribution is 0.103. The number of nitrogens with zero attached hydrogens (tertiary/aromatic N) is 3. The van der Waals surface area contributed by atoms with Crippen LogP contribution >= 0.6 is 22.7 Å². The number of hydrogen-bond donors (Lipinski definition) is 1. The molecular weight excluding hydrogens is 340 g/mol. The molecule has 0 radical (unpaired) electrons. The molecule has 0 aliphatic heterocycles. The topological polar surface area (TPSA) is 59.8 Å². The highest BCUT2D eigenvalue weighted by Crippen LogP contribution is 2.28. The molecule has 24 heavy (non-hydrogen) atoms. The molecule has 1 aromatic carbocycles. The zero-order valence-corrected chi connectivity index (χ0v) is 14.7. The Balaban J connectivity index is 1.66. The lowest BCUT2D eigenvalue weighted by Crippen LogP contribution is -2.09. The maximum absolute atomic E-state index is 12.2. The van der Waals surface area contributed by atoms with E-state index in [0.717, 1.165) is 32.4 Å². The third-order valence-electron chi connectivity index (χ3n) is 3.57. The number of fused-ring (bicyclic) bond motifs is 1. The van der Waals surface area contributed by atoms with E-state index < -0.39 is 0 Å². The lowest BCUT2D eigenvalue weighted by Gasteiger charge is -2.02. The Morgan fingerprint density at radius 3 is 2.79 bits per heavy atom. The van der Waals surface area contributed by atoms with Crippen molar-refractivity contribution in [2.24, 2.45) is 0 Å². The Morgan fingerprint density at radius 2 is 2.08 bits per heavy atom. The molecule has 0 spiro atoms. The second-order valence-electron chi connectivity index (χ2n) is 5.45. The predicted octanol–water partition coefficient (Wildman–Crippen LogP) is 4.41. The highest BCUT2D eigenvalue weighted by atomic mass is 32.1. The lowest BCUT2D eigenvalue weighted by atomic mass is 10.3. The van der Waals surface area contributed by atoms with Gasteiger partial charge in [-0.05, 0) is 49.6 Å². The van der Waals surface area contributed by atoms with Gasteiger partial charge in [-0.15, -0.1) is 11.3 Å². The van der Waals surface area contributed by atoms with E-state index >= 15 is 0 Å². The molecule has 0 aliphatic carbocycles. The van der Waals surface area contributed by atoms with Gasteiger partial charge in [0.25, 0.3) is 5.91 Å². The minimum atomic E-state index is -0.0988. The first-order valence-electron chi connectivity index (χ1n) is 7.39. The number of carbonyl (C=O) groups is 1. The van der Waals surface area contributed by atoms with Crippen LogP contribution in [-0.2, 0) is 0 Å². The Hall–Kier alpha value is -2.51. The summed E-state index contributed by atoms with van der Waals surface area (Å²) in [6.07, 6.45) is 0. The second-order valence-corrected chi connectivity index (χ2v) is 7.41. The Bertz CT molecular complexity index is 1030. The van der Waals surface area contributed by atoms with E-state index in [0.29, 0.717) is 4.88 Å². The van der Waals surface area contributed by atoms with E-state index in [-0.39, 0.29) is 5.91 Å². The van der Waals surface area contributed by atoms with Crippen LogP contribution in [0.1, 0.15) is 21.1 Å². The number of nitrogens with one attached hydrogen (secondary N) is 1. The normalized spacial score (nSPS) is 11.1. The quantitative estimate of drug-likeness (QED) is 0.593. The van der Waals surface area contributed by atoms with Crippen LogP contribution in [0.4, 0.5) is 5.69 Å². The van der Waals surface area contributed by atoms with E-state index in [2.05, 4.69) is 15.4 Å². The Kier molecular flexibility index (Phi) is 3.66. The van der Waals surface area contributed by atoms with Gasteiger partial charge in [-0.2, -0.15) is 5.10 Å². The molecule has 0 atom stereocenters. The zero-order valence-electron chi connectivity index (χ0n) is 13.1. The second kappa shape index (κ2) is 5.85. The van der Waals surface area contributed by atoms with Crippen molar-refractivity contribution in [3.8, 4) is 5.13 Å². The summed E-state index contributed by atoms with van der Waals surface area (Å²) in [5, 5.41) is 10.1. The molecule has 0 saturated carbocycles. The van der Waals surface area contributed by atoms with Crippen molar-refractivity contribution < 1.29 is 4.79 Å². The minimum Gasteiger partial charge on any atom is -0.321 e. The highest BCUT2D eigenvalue weighted by molar-refractivity contribution is 7.20. The van der Waals surface area contributed by atoms with Crippen molar-refractivity contribution in [2.75, 3.05) is 5.32 Å². The molecule has 0 saturated heterocycles. The predicted molar refractivity (Wildman–Crippen MR) is 98.5 cm³/mol. The standard InChI is InChI=1S/C17H14N4OS2/c1-10-8-11(2)21(20-10)17-19-13-9-12(5-6-14(13)24-17)18-16(22)15-4-3-7-23-15/h3-9H,1-2H3,(H,18,22). The number of rotatable bonds is 3. The summed E-state index contributed by atoms with van der Waals surface area (Å²) >= 11 is 3.00. The van der Waals surface area contributed by atoms with Crippen molar-refractivity contribution in [2.45, 2.75) is 13.8 Å².